The normalized spacial score (nSPS) is 10.1. The molecule has 1 aromatic carbocycles. The van der Waals surface area contributed by atoms with Crippen LogP contribution >= 0.6 is 0 Å². The van der Waals surface area contributed by atoms with Gasteiger partial charge in [-0.2, -0.15) is 0 Å². The van der Waals surface area contributed by atoms with E-state index in [-0.39, 0.29) is 5.91 Å². The molecule has 104 valence electrons. The molecule has 1 heterocycles. The summed E-state index contributed by atoms with van der Waals surface area (Å²) < 4.78 is 0. The Morgan fingerprint density at radius 3 is 2.70 bits per heavy atom. The fraction of sp³-hybridized carbons (Fsp3) is 0.267. The minimum Gasteiger partial charge on any atom is -0.368 e. The van der Waals surface area contributed by atoms with Crippen molar-refractivity contribution in [3.8, 4) is 0 Å². The van der Waals surface area contributed by atoms with E-state index in [2.05, 4.69) is 52.0 Å². The van der Waals surface area contributed by atoms with Crippen LogP contribution < -0.4 is 10.6 Å². The maximum atomic E-state index is 11.3. The molecular weight excluding hydrogens is 252 g/mol. The number of aromatic nitrogens is 2. The number of hydrogen-bond acceptors (Lipinski definition) is 4. The average molecular weight is 270 g/mol. The van der Waals surface area contributed by atoms with Gasteiger partial charge in [0.1, 0.15) is 5.82 Å². The predicted octanol–water partition coefficient (Wildman–Crippen LogP) is 1.80. The maximum Gasteiger partial charge on any atom is 0.271 e. The zero-order valence-corrected chi connectivity index (χ0v) is 11.7. The monoisotopic (exact) mass is 270 g/mol. The SMILES string of the molecule is CNC(=O)c1ccc(NCCc2cccc(C)c2)nn1. The zero-order valence-electron chi connectivity index (χ0n) is 11.7. The second kappa shape index (κ2) is 6.65. The van der Waals surface area contributed by atoms with Crippen LogP contribution in [-0.2, 0) is 6.42 Å². The minimum absolute atomic E-state index is 0.233. The van der Waals surface area contributed by atoms with Gasteiger partial charge < -0.3 is 10.6 Å². The third-order valence-corrected chi connectivity index (χ3v) is 2.93. The molecule has 0 atom stereocenters. The molecule has 2 N–H and O–H groups in total. The molecule has 1 amide bonds. The standard InChI is InChI=1S/C15H18N4O/c1-11-4-3-5-12(10-11)8-9-17-14-7-6-13(18-19-14)15(20)16-2/h3-7,10H,8-9H2,1-2H3,(H,16,20)(H,17,19). The molecule has 5 heteroatoms. The highest BCUT2D eigenvalue weighted by Crippen LogP contribution is 2.06. The molecule has 5 nitrogen and oxygen atoms in total. The summed E-state index contributed by atoms with van der Waals surface area (Å²) in [4.78, 5) is 11.3. The summed E-state index contributed by atoms with van der Waals surface area (Å²) >= 11 is 0. The van der Waals surface area contributed by atoms with Crippen LogP contribution in [0.2, 0.25) is 0 Å². The molecule has 0 unspecified atom stereocenters. The molecule has 0 aliphatic rings. The highest BCUT2D eigenvalue weighted by molar-refractivity contribution is 5.91. The molecule has 0 radical (unpaired) electrons. The van der Waals surface area contributed by atoms with E-state index in [1.165, 1.54) is 11.1 Å². The molecule has 1 aromatic heterocycles. The van der Waals surface area contributed by atoms with Crippen LogP contribution in [0.4, 0.5) is 5.82 Å². The first-order valence-electron chi connectivity index (χ1n) is 6.54. The first-order valence-corrected chi connectivity index (χ1v) is 6.54. The number of nitrogens with one attached hydrogen (secondary N) is 2. The topological polar surface area (TPSA) is 66.9 Å². The third kappa shape index (κ3) is 3.78. The summed E-state index contributed by atoms with van der Waals surface area (Å²) in [5, 5.41) is 13.5. The van der Waals surface area contributed by atoms with Gasteiger partial charge in [-0.05, 0) is 31.0 Å². The highest BCUT2D eigenvalue weighted by Gasteiger charge is 2.05. The van der Waals surface area contributed by atoms with Crippen molar-refractivity contribution in [3.05, 3.63) is 53.2 Å². The molecular formula is C15H18N4O. The number of anilines is 1. The highest BCUT2D eigenvalue weighted by atomic mass is 16.1. The lowest BCUT2D eigenvalue weighted by atomic mass is 10.1. The van der Waals surface area contributed by atoms with Crippen molar-refractivity contribution in [1.29, 1.82) is 0 Å². The number of carbonyl (C=O) groups excluding carboxylic acids is 1. The number of carbonyl (C=O) groups is 1. The second-order valence-electron chi connectivity index (χ2n) is 4.55. The Balaban J connectivity index is 1.86. The maximum absolute atomic E-state index is 11.3. The van der Waals surface area contributed by atoms with Gasteiger partial charge in [-0.1, -0.05) is 29.8 Å². The summed E-state index contributed by atoms with van der Waals surface area (Å²) in [5.41, 5.74) is 2.86. The van der Waals surface area contributed by atoms with E-state index in [0.717, 1.165) is 13.0 Å². The fourth-order valence-corrected chi connectivity index (χ4v) is 1.88. The number of nitrogens with zero attached hydrogens (tertiary/aromatic N) is 2. The van der Waals surface area contributed by atoms with Crippen molar-refractivity contribution in [2.75, 3.05) is 18.9 Å². The van der Waals surface area contributed by atoms with Crippen LogP contribution in [0.1, 0.15) is 21.6 Å². The first-order chi connectivity index (χ1) is 9.69. The average Bonchev–Trinajstić information content (AvgIpc) is 2.47. The van der Waals surface area contributed by atoms with Crippen molar-refractivity contribution in [1.82, 2.24) is 15.5 Å². The van der Waals surface area contributed by atoms with Crippen molar-refractivity contribution in [3.63, 3.8) is 0 Å². The Hall–Kier alpha value is -2.43. The quantitative estimate of drug-likeness (QED) is 0.869. The first kappa shape index (κ1) is 14.0. The van der Waals surface area contributed by atoms with Gasteiger partial charge in [0.15, 0.2) is 5.69 Å². The summed E-state index contributed by atoms with van der Waals surface area (Å²) in [6.45, 7) is 2.86. The largest absolute Gasteiger partial charge is 0.368 e. The van der Waals surface area contributed by atoms with E-state index in [0.29, 0.717) is 11.5 Å². The van der Waals surface area contributed by atoms with Gasteiger partial charge in [-0.3, -0.25) is 4.79 Å². The molecule has 0 fully saturated rings. The lowest BCUT2D eigenvalue weighted by Gasteiger charge is -2.06. The number of aryl methyl sites for hydroxylation is 1. The predicted molar refractivity (Wildman–Crippen MR) is 78.8 cm³/mol. The number of benzene rings is 1. The van der Waals surface area contributed by atoms with E-state index in [4.69, 9.17) is 0 Å². The summed E-state index contributed by atoms with van der Waals surface area (Å²) in [6, 6.07) is 11.8. The fourth-order valence-electron chi connectivity index (χ4n) is 1.88. The van der Waals surface area contributed by atoms with Gasteiger partial charge in [0.2, 0.25) is 0 Å². The van der Waals surface area contributed by atoms with Crippen molar-refractivity contribution >= 4 is 11.7 Å². The number of rotatable bonds is 5. The van der Waals surface area contributed by atoms with E-state index in [1.54, 1.807) is 19.2 Å². The van der Waals surface area contributed by atoms with Crippen LogP contribution in [0.5, 0.6) is 0 Å². The lowest BCUT2D eigenvalue weighted by Crippen LogP contribution is -2.20. The van der Waals surface area contributed by atoms with Crippen molar-refractivity contribution in [2.45, 2.75) is 13.3 Å². The summed E-state index contributed by atoms with van der Waals surface area (Å²) in [5.74, 6) is 0.439. The van der Waals surface area contributed by atoms with Gasteiger partial charge in [0, 0.05) is 13.6 Å². The van der Waals surface area contributed by atoms with Gasteiger partial charge in [-0.15, -0.1) is 10.2 Å². The molecule has 0 spiro atoms. The summed E-state index contributed by atoms with van der Waals surface area (Å²) in [7, 11) is 1.57. The Morgan fingerprint density at radius 1 is 1.20 bits per heavy atom. The number of hydrogen-bond donors (Lipinski definition) is 2. The zero-order chi connectivity index (χ0) is 14.4. The lowest BCUT2D eigenvalue weighted by molar-refractivity contribution is 0.0957. The van der Waals surface area contributed by atoms with Crippen LogP contribution in [0.15, 0.2) is 36.4 Å². The van der Waals surface area contributed by atoms with Gasteiger partial charge >= 0.3 is 0 Å². The molecule has 0 saturated heterocycles. The second-order valence-corrected chi connectivity index (χ2v) is 4.55. The summed E-state index contributed by atoms with van der Waals surface area (Å²) in [6.07, 6.45) is 0.917. The molecule has 2 rings (SSSR count). The van der Waals surface area contributed by atoms with Crippen molar-refractivity contribution < 1.29 is 4.79 Å². The smallest absolute Gasteiger partial charge is 0.271 e. The van der Waals surface area contributed by atoms with E-state index in [9.17, 15) is 4.79 Å². The third-order valence-electron chi connectivity index (χ3n) is 2.93. The van der Waals surface area contributed by atoms with Crippen LogP contribution in [0.25, 0.3) is 0 Å². The van der Waals surface area contributed by atoms with E-state index in [1.807, 2.05) is 0 Å². The molecule has 0 aliphatic carbocycles. The Kier molecular flexibility index (Phi) is 4.65. The van der Waals surface area contributed by atoms with Crippen molar-refractivity contribution in [2.24, 2.45) is 0 Å². The van der Waals surface area contributed by atoms with Gasteiger partial charge in [-0.25, -0.2) is 0 Å². The molecule has 0 bridgehead atoms. The molecule has 0 aliphatic heterocycles. The minimum atomic E-state index is -0.233. The van der Waals surface area contributed by atoms with Crippen LogP contribution in [0.3, 0.4) is 0 Å². The van der Waals surface area contributed by atoms with Crippen LogP contribution in [-0.4, -0.2) is 29.7 Å². The Morgan fingerprint density at radius 2 is 2.05 bits per heavy atom. The Bertz CT molecular complexity index is 581. The number of amides is 1. The van der Waals surface area contributed by atoms with E-state index >= 15 is 0 Å². The van der Waals surface area contributed by atoms with Gasteiger partial charge in [0.25, 0.3) is 5.91 Å². The van der Waals surface area contributed by atoms with E-state index < -0.39 is 0 Å². The molecule has 2 aromatic rings. The molecule has 20 heavy (non-hydrogen) atoms. The van der Waals surface area contributed by atoms with Gasteiger partial charge in [0.05, 0.1) is 0 Å². The Labute approximate surface area is 118 Å². The molecule has 0 saturated carbocycles. The van der Waals surface area contributed by atoms with Crippen LogP contribution in [0, 0.1) is 6.92 Å².